The van der Waals surface area contributed by atoms with Gasteiger partial charge >= 0.3 is 6.03 Å². The Labute approximate surface area is 105 Å². The number of hydrogen-bond donors (Lipinski definition) is 1. The summed E-state index contributed by atoms with van der Waals surface area (Å²) < 4.78 is 1.03. The van der Waals surface area contributed by atoms with Gasteiger partial charge in [0, 0.05) is 18.6 Å². The highest BCUT2D eigenvalue weighted by atomic mass is 79.9. The van der Waals surface area contributed by atoms with Crippen LogP contribution in [-0.4, -0.2) is 25.0 Å². The number of halogens is 1. The van der Waals surface area contributed by atoms with Crippen molar-refractivity contribution in [2.24, 2.45) is 0 Å². The van der Waals surface area contributed by atoms with Crippen molar-refractivity contribution in [1.29, 1.82) is 0 Å². The van der Waals surface area contributed by atoms with Crippen molar-refractivity contribution in [2.45, 2.75) is 19.4 Å². The van der Waals surface area contributed by atoms with E-state index >= 15 is 0 Å². The fourth-order valence-electron chi connectivity index (χ4n) is 1.32. The summed E-state index contributed by atoms with van der Waals surface area (Å²) in [6.45, 7) is 3.97. The van der Waals surface area contributed by atoms with Crippen LogP contribution in [0.15, 0.2) is 28.7 Å². The standard InChI is InChI=1S/C12H17BrN2O/c1-12(2,14-11(16)15(3)4)9-5-7-10(13)8-6-9/h5-8H,1-4H3,(H,14,16). The van der Waals surface area contributed by atoms with Crippen molar-refractivity contribution in [3.05, 3.63) is 34.3 Å². The topological polar surface area (TPSA) is 32.3 Å². The molecule has 0 radical (unpaired) electrons. The third kappa shape index (κ3) is 3.23. The van der Waals surface area contributed by atoms with E-state index in [4.69, 9.17) is 0 Å². The van der Waals surface area contributed by atoms with Gasteiger partial charge in [-0.1, -0.05) is 28.1 Å². The largest absolute Gasteiger partial charge is 0.331 e. The molecule has 0 aliphatic carbocycles. The Morgan fingerprint density at radius 3 is 2.19 bits per heavy atom. The molecule has 16 heavy (non-hydrogen) atoms. The molecule has 88 valence electrons. The summed E-state index contributed by atoms with van der Waals surface area (Å²) in [5.74, 6) is 0. The van der Waals surface area contributed by atoms with Crippen LogP contribution in [0, 0.1) is 0 Å². The number of urea groups is 1. The maximum Gasteiger partial charge on any atom is 0.317 e. The molecular weight excluding hydrogens is 268 g/mol. The summed E-state index contributed by atoms with van der Waals surface area (Å²) in [5, 5.41) is 2.96. The second-order valence-electron chi connectivity index (χ2n) is 4.46. The molecule has 0 unspecified atom stereocenters. The molecule has 0 aromatic heterocycles. The average Bonchev–Trinajstić information content (AvgIpc) is 2.17. The molecule has 0 fully saturated rings. The predicted molar refractivity (Wildman–Crippen MR) is 69.4 cm³/mol. The molecule has 0 saturated carbocycles. The summed E-state index contributed by atoms with van der Waals surface area (Å²) in [6.07, 6.45) is 0. The maximum absolute atomic E-state index is 11.6. The molecular formula is C12H17BrN2O. The van der Waals surface area contributed by atoms with Crippen LogP contribution in [0.2, 0.25) is 0 Å². The normalized spacial score (nSPS) is 11.1. The van der Waals surface area contributed by atoms with Gasteiger partial charge in [-0.3, -0.25) is 0 Å². The quantitative estimate of drug-likeness (QED) is 0.890. The SMILES string of the molecule is CN(C)C(=O)NC(C)(C)c1ccc(Br)cc1. The third-order valence-electron chi connectivity index (χ3n) is 2.39. The lowest BCUT2D eigenvalue weighted by atomic mass is 9.94. The number of carbonyl (C=O) groups is 1. The van der Waals surface area contributed by atoms with Crippen LogP contribution in [-0.2, 0) is 5.54 Å². The molecule has 1 aromatic rings. The first-order chi connectivity index (χ1) is 7.33. The Bertz CT molecular complexity index is 371. The van der Waals surface area contributed by atoms with Gasteiger partial charge in [-0.25, -0.2) is 4.79 Å². The summed E-state index contributed by atoms with van der Waals surface area (Å²) in [7, 11) is 3.46. The molecule has 1 N–H and O–H groups in total. The highest BCUT2D eigenvalue weighted by Gasteiger charge is 2.23. The number of nitrogens with one attached hydrogen (secondary N) is 1. The average molecular weight is 285 g/mol. The van der Waals surface area contributed by atoms with Gasteiger partial charge in [0.2, 0.25) is 0 Å². The van der Waals surface area contributed by atoms with Gasteiger partial charge in [-0.05, 0) is 31.5 Å². The summed E-state index contributed by atoms with van der Waals surface area (Å²) in [4.78, 5) is 13.1. The monoisotopic (exact) mass is 284 g/mol. The number of benzene rings is 1. The minimum absolute atomic E-state index is 0.0899. The van der Waals surface area contributed by atoms with E-state index in [1.165, 1.54) is 4.90 Å². The number of carbonyl (C=O) groups excluding carboxylic acids is 1. The van der Waals surface area contributed by atoms with E-state index in [0.717, 1.165) is 10.0 Å². The molecule has 0 aliphatic rings. The molecule has 0 bridgehead atoms. The first kappa shape index (κ1) is 13.0. The van der Waals surface area contributed by atoms with Crippen molar-refractivity contribution in [2.75, 3.05) is 14.1 Å². The highest BCUT2D eigenvalue weighted by molar-refractivity contribution is 9.10. The summed E-state index contributed by atoms with van der Waals surface area (Å²) >= 11 is 3.39. The van der Waals surface area contributed by atoms with Crippen LogP contribution >= 0.6 is 15.9 Å². The van der Waals surface area contributed by atoms with Gasteiger partial charge in [-0.15, -0.1) is 0 Å². The van der Waals surface area contributed by atoms with E-state index in [-0.39, 0.29) is 11.6 Å². The van der Waals surface area contributed by atoms with E-state index in [9.17, 15) is 4.79 Å². The van der Waals surface area contributed by atoms with Crippen LogP contribution < -0.4 is 5.32 Å². The zero-order chi connectivity index (χ0) is 12.3. The lowest BCUT2D eigenvalue weighted by molar-refractivity contribution is 0.206. The molecule has 0 atom stereocenters. The van der Waals surface area contributed by atoms with Crippen molar-refractivity contribution in [3.8, 4) is 0 Å². The second-order valence-corrected chi connectivity index (χ2v) is 5.37. The van der Waals surface area contributed by atoms with E-state index in [2.05, 4.69) is 21.2 Å². The Morgan fingerprint density at radius 1 is 1.25 bits per heavy atom. The Balaban J connectivity index is 2.85. The molecule has 0 aliphatic heterocycles. The van der Waals surface area contributed by atoms with Crippen LogP contribution in [0.5, 0.6) is 0 Å². The van der Waals surface area contributed by atoms with Crippen LogP contribution in [0.25, 0.3) is 0 Å². The van der Waals surface area contributed by atoms with Crippen LogP contribution in [0.4, 0.5) is 4.79 Å². The minimum Gasteiger partial charge on any atom is -0.331 e. The zero-order valence-corrected chi connectivity index (χ0v) is 11.6. The Kier molecular flexibility index (Phi) is 3.97. The number of rotatable bonds is 2. The molecule has 0 saturated heterocycles. The van der Waals surface area contributed by atoms with Gasteiger partial charge in [0.15, 0.2) is 0 Å². The number of nitrogens with zero attached hydrogens (tertiary/aromatic N) is 1. The first-order valence-corrected chi connectivity index (χ1v) is 5.88. The fourth-order valence-corrected chi connectivity index (χ4v) is 1.58. The second kappa shape index (κ2) is 4.87. The summed E-state index contributed by atoms with van der Waals surface area (Å²) in [5.41, 5.74) is 0.702. The Hall–Kier alpha value is -1.03. The zero-order valence-electron chi connectivity index (χ0n) is 10.0. The van der Waals surface area contributed by atoms with Crippen molar-refractivity contribution in [3.63, 3.8) is 0 Å². The third-order valence-corrected chi connectivity index (χ3v) is 2.92. The van der Waals surface area contributed by atoms with Gasteiger partial charge < -0.3 is 10.2 Å². The van der Waals surface area contributed by atoms with Gasteiger partial charge in [0.25, 0.3) is 0 Å². The fraction of sp³-hybridized carbons (Fsp3) is 0.417. The van der Waals surface area contributed by atoms with Crippen LogP contribution in [0.1, 0.15) is 19.4 Å². The molecule has 0 heterocycles. The predicted octanol–water partition coefficient (Wildman–Crippen LogP) is 2.96. The van der Waals surface area contributed by atoms with E-state index in [1.807, 2.05) is 38.1 Å². The van der Waals surface area contributed by atoms with Crippen molar-refractivity contribution >= 4 is 22.0 Å². The van der Waals surface area contributed by atoms with E-state index in [1.54, 1.807) is 14.1 Å². The van der Waals surface area contributed by atoms with E-state index < -0.39 is 0 Å². The lowest BCUT2D eigenvalue weighted by Crippen LogP contribution is -2.45. The van der Waals surface area contributed by atoms with Gasteiger partial charge in [0.1, 0.15) is 0 Å². The maximum atomic E-state index is 11.6. The Morgan fingerprint density at radius 2 is 1.75 bits per heavy atom. The number of hydrogen-bond acceptors (Lipinski definition) is 1. The summed E-state index contributed by atoms with van der Waals surface area (Å²) in [6, 6.07) is 7.85. The molecule has 0 spiro atoms. The molecule has 3 nitrogen and oxygen atoms in total. The van der Waals surface area contributed by atoms with Crippen LogP contribution in [0.3, 0.4) is 0 Å². The highest BCUT2D eigenvalue weighted by Crippen LogP contribution is 2.22. The lowest BCUT2D eigenvalue weighted by Gasteiger charge is -2.28. The molecule has 4 heteroatoms. The minimum atomic E-state index is -0.373. The van der Waals surface area contributed by atoms with Crippen molar-refractivity contribution < 1.29 is 4.79 Å². The van der Waals surface area contributed by atoms with Gasteiger partial charge in [0.05, 0.1) is 5.54 Å². The molecule has 2 amide bonds. The number of amides is 2. The van der Waals surface area contributed by atoms with Crippen molar-refractivity contribution in [1.82, 2.24) is 10.2 Å². The smallest absolute Gasteiger partial charge is 0.317 e. The van der Waals surface area contributed by atoms with Gasteiger partial charge in [-0.2, -0.15) is 0 Å². The van der Waals surface area contributed by atoms with E-state index in [0.29, 0.717) is 0 Å². The first-order valence-electron chi connectivity index (χ1n) is 5.08. The molecule has 1 aromatic carbocycles. The molecule has 1 rings (SSSR count).